The van der Waals surface area contributed by atoms with Gasteiger partial charge in [-0.15, -0.1) is 11.3 Å². The number of aldehydes is 2. The van der Waals surface area contributed by atoms with Crippen molar-refractivity contribution in [2.75, 3.05) is 0 Å². The van der Waals surface area contributed by atoms with Gasteiger partial charge < -0.3 is 9.84 Å². The van der Waals surface area contributed by atoms with Gasteiger partial charge in [0.15, 0.2) is 17.6 Å². The molecule has 0 radical (unpaired) electrons. The summed E-state index contributed by atoms with van der Waals surface area (Å²) < 4.78 is 5.67. The van der Waals surface area contributed by atoms with E-state index in [1.165, 1.54) is 17.4 Å². The van der Waals surface area contributed by atoms with Crippen molar-refractivity contribution in [3.05, 3.63) is 58.0 Å². The summed E-state index contributed by atoms with van der Waals surface area (Å²) in [5, 5.41) is 11.8. The van der Waals surface area contributed by atoms with E-state index in [-0.39, 0.29) is 23.7 Å². The lowest BCUT2D eigenvalue weighted by atomic mass is 10.1. The van der Waals surface area contributed by atoms with Gasteiger partial charge in [0.25, 0.3) is 0 Å². The van der Waals surface area contributed by atoms with Gasteiger partial charge in [-0.25, -0.2) is 4.98 Å². The van der Waals surface area contributed by atoms with Crippen molar-refractivity contribution in [3.63, 3.8) is 0 Å². The quantitative estimate of drug-likeness (QED) is 0.694. The molecule has 120 valence electrons. The van der Waals surface area contributed by atoms with Crippen LogP contribution in [-0.4, -0.2) is 27.6 Å². The molecule has 3 aromatic rings. The number of carbonyl (C=O) groups is 2. The van der Waals surface area contributed by atoms with Crippen LogP contribution in [0.2, 0.25) is 0 Å². The molecule has 0 saturated carbocycles. The normalized spacial score (nSPS) is 10.3. The number of ether oxygens (including phenoxy) is 1. The summed E-state index contributed by atoms with van der Waals surface area (Å²) in [6.45, 7) is 0.140. The minimum Gasteiger partial charge on any atom is -0.507 e. The molecule has 3 rings (SSSR count). The molecule has 1 aromatic carbocycles. The van der Waals surface area contributed by atoms with Crippen molar-refractivity contribution in [1.82, 2.24) is 9.97 Å². The monoisotopic (exact) mass is 340 g/mol. The summed E-state index contributed by atoms with van der Waals surface area (Å²) in [5.74, 6) is 0.149. The molecule has 7 heteroatoms. The minimum absolute atomic E-state index is 0.0971. The Kier molecular flexibility index (Phi) is 4.62. The molecule has 0 spiro atoms. The fourth-order valence-electron chi connectivity index (χ4n) is 2.17. The highest BCUT2D eigenvalue weighted by Gasteiger charge is 2.13. The zero-order chi connectivity index (χ0) is 16.9. The Labute approximate surface area is 141 Å². The molecule has 2 aromatic heterocycles. The van der Waals surface area contributed by atoms with Crippen molar-refractivity contribution < 1.29 is 19.4 Å². The van der Waals surface area contributed by atoms with Gasteiger partial charge in [0.05, 0.1) is 11.3 Å². The van der Waals surface area contributed by atoms with E-state index < -0.39 is 0 Å². The third kappa shape index (κ3) is 3.16. The summed E-state index contributed by atoms with van der Waals surface area (Å²) in [5.41, 5.74) is 2.04. The summed E-state index contributed by atoms with van der Waals surface area (Å²) in [4.78, 5) is 30.4. The lowest BCUT2D eigenvalue weighted by molar-refractivity contribution is 0.111. The number of pyridine rings is 1. The van der Waals surface area contributed by atoms with Crippen LogP contribution in [0.15, 0.2) is 41.9 Å². The van der Waals surface area contributed by atoms with Gasteiger partial charge >= 0.3 is 0 Å². The number of phenolic OH excluding ortho intramolecular Hbond substituents is 1. The maximum Gasteiger partial charge on any atom is 0.178 e. The number of benzene rings is 1. The Morgan fingerprint density at radius 3 is 2.79 bits per heavy atom. The SMILES string of the molecule is O=Cc1nc(-c2ncccc2COc2cccc(O)c2C=O)cs1. The van der Waals surface area contributed by atoms with Crippen LogP contribution in [0.1, 0.15) is 25.7 Å². The van der Waals surface area contributed by atoms with Crippen LogP contribution >= 0.6 is 11.3 Å². The van der Waals surface area contributed by atoms with Crippen molar-refractivity contribution in [2.45, 2.75) is 6.61 Å². The summed E-state index contributed by atoms with van der Waals surface area (Å²) in [6.07, 6.45) is 2.87. The molecule has 0 bridgehead atoms. The van der Waals surface area contributed by atoms with Crippen LogP contribution in [0.4, 0.5) is 0 Å². The van der Waals surface area contributed by atoms with Crippen molar-refractivity contribution in [1.29, 1.82) is 0 Å². The van der Waals surface area contributed by atoms with E-state index in [9.17, 15) is 14.7 Å². The van der Waals surface area contributed by atoms with Gasteiger partial charge in [0.1, 0.15) is 23.8 Å². The molecule has 1 N–H and O–H groups in total. The van der Waals surface area contributed by atoms with Gasteiger partial charge in [0.2, 0.25) is 0 Å². The number of thiazole rings is 1. The summed E-state index contributed by atoms with van der Waals surface area (Å²) in [6, 6.07) is 8.21. The maximum absolute atomic E-state index is 11.1. The first-order chi connectivity index (χ1) is 11.7. The van der Waals surface area contributed by atoms with Crippen molar-refractivity contribution in [3.8, 4) is 22.9 Å². The lowest BCUT2D eigenvalue weighted by Crippen LogP contribution is -2.01. The van der Waals surface area contributed by atoms with E-state index in [2.05, 4.69) is 9.97 Å². The molecule has 0 saturated heterocycles. The molecule has 0 aliphatic heterocycles. The van der Waals surface area contributed by atoms with E-state index in [1.807, 2.05) is 6.07 Å². The number of carbonyl (C=O) groups excluding carboxylic acids is 2. The van der Waals surface area contributed by atoms with Crippen LogP contribution in [0, 0.1) is 0 Å². The van der Waals surface area contributed by atoms with Gasteiger partial charge in [-0.05, 0) is 18.2 Å². The topological polar surface area (TPSA) is 89.4 Å². The smallest absolute Gasteiger partial charge is 0.178 e. The molecule has 0 aliphatic rings. The molecule has 24 heavy (non-hydrogen) atoms. The number of rotatable bonds is 6. The van der Waals surface area contributed by atoms with Gasteiger partial charge in [-0.2, -0.15) is 0 Å². The predicted octanol–water partition coefficient (Wildman–Crippen LogP) is 3.11. The Bertz CT molecular complexity index is 892. The van der Waals surface area contributed by atoms with Gasteiger partial charge in [-0.1, -0.05) is 12.1 Å². The summed E-state index contributed by atoms with van der Waals surface area (Å²) >= 11 is 1.24. The van der Waals surface area contributed by atoms with Gasteiger partial charge in [0, 0.05) is 17.1 Å². The Morgan fingerprint density at radius 2 is 2.04 bits per heavy atom. The molecule has 2 heterocycles. The first kappa shape index (κ1) is 15.8. The molecule has 6 nitrogen and oxygen atoms in total. The molecule has 0 amide bonds. The van der Waals surface area contributed by atoms with Crippen LogP contribution in [0.25, 0.3) is 11.4 Å². The standard InChI is InChI=1S/C17H12N2O4S/c20-7-12-14(22)4-1-5-15(12)23-9-11-3-2-6-18-17(11)13-10-24-16(8-21)19-13/h1-8,10,22H,9H2. The maximum atomic E-state index is 11.1. The Balaban J connectivity index is 1.88. The molecule has 0 unspecified atom stereocenters. The number of aromatic hydroxyl groups is 1. The Morgan fingerprint density at radius 1 is 1.17 bits per heavy atom. The van der Waals surface area contributed by atoms with Crippen LogP contribution in [-0.2, 0) is 6.61 Å². The van der Waals surface area contributed by atoms with Crippen LogP contribution < -0.4 is 4.74 Å². The first-order valence-corrected chi connectivity index (χ1v) is 7.86. The molecule has 0 atom stereocenters. The van der Waals surface area contributed by atoms with E-state index in [1.54, 1.807) is 29.8 Å². The molecular formula is C17H12N2O4S. The van der Waals surface area contributed by atoms with E-state index in [0.29, 0.717) is 29.0 Å². The number of nitrogens with zero attached hydrogens (tertiary/aromatic N) is 2. The number of phenols is 1. The third-order valence-electron chi connectivity index (χ3n) is 3.30. The zero-order valence-corrected chi connectivity index (χ0v) is 13.2. The average Bonchev–Trinajstić information content (AvgIpc) is 3.09. The molecule has 0 aliphatic carbocycles. The van der Waals surface area contributed by atoms with Crippen molar-refractivity contribution in [2.24, 2.45) is 0 Å². The van der Waals surface area contributed by atoms with Crippen molar-refractivity contribution >= 4 is 23.9 Å². The molecular weight excluding hydrogens is 328 g/mol. The van der Waals surface area contributed by atoms with E-state index in [0.717, 1.165) is 5.56 Å². The number of hydrogen-bond acceptors (Lipinski definition) is 7. The fourth-order valence-corrected chi connectivity index (χ4v) is 2.77. The summed E-state index contributed by atoms with van der Waals surface area (Å²) in [7, 11) is 0. The second-order valence-corrected chi connectivity index (χ2v) is 5.69. The lowest BCUT2D eigenvalue weighted by Gasteiger charge is -2.11. The minimum atomic E-state index is -0.135. The van der Waals surface area contributed by atoms with E-state index in [4.69, 9.17) is 4.74 Å². The number of hydrogen-bond donors (Lipinski definition) is 1. The predicted molar refractivity (Wildman–Crippen MR) is 88.6 cm³/mol. The number of aromatic nitrogens is 2. The highest BCUT2D eigenvalue weighted by atomic mass is 32.1. The average molecular weight is 340 g/mol. The third-order valence-corrected chi connectivity index (χ3v) is 4.07. The van der Waals surface area contributed by atoms with E-state index >= 15 is 0 Å². The Hall–Kier alpha value is -3.06. The van der Waals surface area contributed by atoms with Crippen LogP contribution in [0.5, 0.6) is 11.5 Å². The second-order valence-electron chi connectivity index (χ2n) is 4.80. The second kappa shape index (κ2) is 7.01. The first-order valence-electron chi connectivity index (χ1n) is 6.98. The van der Waals surface area contributed by atoms with Gasteiger partial charge in [-0.3, -0.25) is 14.6 Å². The largest absolute Gasteiger partial charge is 0.507 e. The highest BCUT2D eigenvalue weighted by molar-refractivity contribution is 7.11. The van der Waals surface area contributed by atoms with Crippen LogP contribution in [0.3, 0.4) is 0 Å². The fraction of sp³-hybridized carbons (Fsp3) is 0.0588. The highest BCUT2D eigenvalue weighted by Crippen LogP contribution is 2.28. The molecule has 0 fully saturated rings. The zero-order valence-electron chi connectivity index (χ0n) is 12.4.